The Morgan fingerprint density at radius 1 is 1.41 bits per heavy atom. The molecule has 0 saturated carbocycles. The third-order valence-electron chi connectivity index (χ3n) is 2.33. The minimum Gasteiger partial charge on any atom is -0.395 e. The van der Waals surface area contributed by atoms with Gasteiger partial charge in [-0.15, -0.1) is 0 Å². The molecule has 94 valence electrons. The van der Waals surface area contributed by atoms with Gasteiger partial charge >= 0.3 is 0 Å². The summed E-state index contributed by atoms with van der Waals surface area (Å²) in [5, 5.41) is 8.95. The number of methoxy groups -OCH3 is 1. The van der Waals surface area contributed by atoms with Crippen LogP contribution in [0.1, 0.15) is 10.4 Å². The monoisotopic (exact) mass is 301 g/mol. The van der Waals surface area contributed by atoms with Gasteiger partial charge in [-0.05, 0) is 28.1 Å². The van der Waals surface area contributed by atoms with E-state index in [0.717, 1.165) is 4.47 Å². The van der Waals surface area contributed by atoms with Crippen molar-refractivity contribution in [2.24, 2.45) is 0 Å². The van der Waals surface area contributed by atoms with Gasteiger partial charge in [0.2, 0.25) is 0 Å². The molecule has 0 atom stereocenters. The van der Waals surface area contributed by atoms with Gasteiger partial charge in [-0.2, -0.15) is 0 Å². The predicted octanol–water partition coefficient (Wildman–Crippen LogP) is 1.53. The SMILES string of the molecule is COCCN(CCO)C(=O)c1ccccc1Br. The highest BCUT2D eigenvalue weighted by Crippen LogP contribution is 2.17. The van der Waals surface area contributed by atoms with E-state index in [9.17, 15) is 4.79 Å². The number of aliphatic hydroxyl groups is 1. The Morgan fingerprint density at radius 3 is 2.71 bits per heavy atom. The minimum atomic E-state index is -0.108. The fourth-order valence-electron chi connectivity index (χ4n) is 1.44. The van der Waals surface area contributed by atoms with Gasteiger partial charge in [-0.25, -0.2) is 0 Å². The summed E-state index contributed by atoms with van der Waals surface area (Å²) in [5.41, 5.74) is 0.594. The fourth-order valence-corrected chi connectivity index (χ4v) is 1.90. The maximum atomic E-state index is 12.2. The molecule has 4 nitrogen and oxygen atoms in total. The highest BCUT2D eigenvalue weighted by atomic mass is 79.9. The van der Waals surface area contributed by atoms with Crippen LogP contribution in [0.25, 0.3) is 0 Å². The Balaban J connectivity index is 2.80. The van der Waals surface area contributed by atoms with Crippen LogP contribution >= 0.6 is 15.9 Å². The number of halogens is 1. The largest absolute Gasteiger partial charge is 0.395 e. The first-order chi connectivity index (χ1) is 8.20. The van der Waals surface area contributed by atoms with Crippen molar-refractivity contribution in [3.8, 4) is 0 Å². The van der Waals surface area contributed by atoms with E-state index in [1.165, 1.54) is 0 Å². The third kappa shape index (κ3) is 4.11. The molecule has 1 rings (SSSR count). The van der Waals surface area contributed by atoms with Gasteiger partial charge < -0.3 is 14.7 Å². The summed E-state index contributed by atoms with van der Waals surface area (Å²) in [6.45, 7) is 1.18. The topological polar surface area (TPSA) is 49.8 Å². The van der Waals surface area contributed by atoms with Gasteiger partial charge in [0, 0.05) is 24.7 Å². The van der Waals surface area contributed by atoms with Crippen molar-refractivity contribution in [1.82, 2.24) is 4.90 Å². The molecule has 5 heteroatoms. The van der Waals surface area contributed by atoms with Crippen molar-refractivity contribution in [2.45, 2.75) is 0 Å². The number of carbonyl (C=O) groups is 1. The normalized spacial score (nSPS) is 10.3. The van der Waals surface area contributed by atoms with Crippen molar-refractivity contribution in [3.63, 3.8) is 0 Å². The third-order valence-corrected chi connectivity index (χ3v) is 3.02. The van der Waals surface area contributed by atoms with Crippen LogP contribution in [-0.4, -0.2) is 49.3 Å². The zero-order valence-electron chi connectivity index (χ0n) is 9.73. The molecule has 1 aromatic carbocycles. The molecule has 0 unspecified atom stereocenters. The lowest BCUT2D eigenvalue weighted by Crippen LogP contribution is -2.36. The zero-order chi connectivity index (χ0) is 12.7. The smallest absolute Gasteiger partial charge is 0.255 e. The number of carbonyl (C=O) groups excluding carboxylic acids is 1. The van der Waals surface area contributed by atoms with Crippen LogP contribution in [0.15, 0.2) is 28.7 Å². The molecule has 1 amide bonds. The van der Waals surface area contributed by atoms with Gasteiger partial charge in [-0.1, -0.05) is 12.1 Å². The van der Waals surface area contributed by atoms with Crippen molar-refractivity contribution in [2.75, 3.05) is 33.4 Å². The molecule has 0 saturated heterocycles. The van der Waals surface area contributed by atoms with E-state index in [2.05, 4.69) is 15.9 Å². The minimum absolute atomic E-state index is 0.0556. The van der Waals surface area contributed by atoms with Crippen LogP contribution in [0, 0.1) is 0 Å². The summed E-state index contributed by atoms with van der Waals surface area (Å²) in [6.07, 6.45) is 0. The van der Waals surface area contributed by atoms with Crippen molar-refractivity contribution < 1.29 is 14.6 Å². The van der Waals surface area contributed by atoms with E-state index in [0.29, 0.717) is 25.3 Å². The summed E-state index contributed by atoms with van der Waals surface area (Å²) in [4.78, 5) is 13.8. The lowest BCUT2D eigenvalue weighted by Gasteiger charge is -2.21. The molecule has 0 fully saturated rings. The van der Waals surface area contributed by atoms with Crippen LogP contribution in [0.4, 0.5) is 0 Å². The number of nitrogens with zero attached hydrogens (tertiary/aromatic N) is 1. The second-order valence-electron chi connectivity index (χ2n) is 3.49. The summed E-state index contributed by atoms with van der Waals surface area (Å²) >= 11 is 3.34. The van der Waals surface area contributed by atoms with E-state index in [1.54, 1.807) is 18.1 Å². The zero-order valence-corrected chi connectivity index (χ0v) is 11.3. The van der Waals surface area contributed by atoms with E-state index in [4.69, 9.17) is 9.84 Å². The van der Waals surface area contributed by atoms with Crippen molar-refractivity contribution in [3.05, 3.63) is 34.3 Å². The van der Waals surface area contributed by atoms with E-state index in [-0.39, 0.29) is 12.5 Å². The molecule has 0 radical (unpaired) electrons. The maximum absolute atomic E-state index is 12.2. The molecule has 0 aliphatic rings. The van der Waals surface area contributed by atoms with E-state index >= 15 is 0 Å². The Labute approximate surface area is 109 Å². The van der Waals surface area contributed by atoms with Crippen LogP contribution < -0.4 is 0 Å². The lowest BCUT2D eigenvalue weighted by atomic mass is 10.2. The molecule has 0 aromatic heterocycles. The number of rotatable bonds is 6. The number of hydrogen-bond acceptors (Lipinski definition) is 3. The van der Waals surface area contributed by atoms with Gasteiger partial charge in [0.15, 0.2) is 0 Å². The predicted molar refractivity (Wildman–Crippen MR) is 69.0 cm³/mol. The number of benzene rings is 1. The first-order valence-electron chi connectivity index (χ1n) is 5.34. The molecule has 0 aliphatic heterocycles. The summed E-state index contributed by atoms with van der Waals surface area (Å²) < 4.78 is 5.70. The molecule has 0 bridgehead atoms. The van der Waals surface area contributed by atoms with Crippen molar-refractivity contribution >= 4 is 21.8 Å². The summed E-state index contributed by atoms with van der Waals surface area (Å²) in [6, 6.07) is 7.24. The Bertz CT molecular complexity index is 371. The maximum Gasteiger partial charge on any atom is 0.255 e. The molecule has 0 spiro atoms. The molecule has 1 N–H and O–H groups in total. The Hall–Kier alpha value is -0.910. The second-order valence-corrected chi connectivity index (χ2v) is 4.34. The average Bonchev–Trinajstić information content (AvgIpc) is 2.34. The standard InChI is InChI=1S/C12H16BrNO3/c1-17-9-7-14(6-8-15)12(16)10-4-2-3-5-11(10)13/h2-5,15H,6-9H2,1H3. The highest BCUT2D eigenvalue weighted by molar-refractivity contribution is 9.10. The average molecular weight is 302 g/mol. The molecule has 17 heavy (non-hydrogen) atoms. The van der Waals surface area contributed by atoms with Crippen LogP contribution in [0.3, 0.4) is 0 Å². The first kappa shape index (κ1) is 14.2. The molecular weight excluding hydrogens is 286 g/mol. The van der Waals surface area contributed by atoms with Gasteiger partial charge in [0.1, 0.15) is 0 Å². The highest BCUT2D eigenvalue weighted by Gasteiger charge is 2.16. The van der Waals surface area contributed by atoms with Gasteiger partial charge in [0.25, 0.3) is 5.91 Å². The number of amides is 1. The van der Waals surface area contributed by atoms with Crippen molar-refractivity contribution in [1.29, 1.82) is 0 Å². The molecule has 0 heterocycles. The fraction of sp³-hybridized carbons (Fsp3) is 0.417. The number of ether oxygens (including phenoxy) is 1. The number of hydrogen-bond donors (Lipinski definition) is 1. The Kier molecular flexibility index (Phi) is 6.18. The van der Waals surface area contributed by atoms with Gasteiger partial charge in [0.05, 0.1) is 18.8 Å². The van der Waals surface area contributed by atoms with E-state index in [1.807, 2.05) is 18.2 Å². The quantitative estimate of drug-likeness (QED) is 0.867. The molecule has 1 aromatic rings. The Morgan fingerprint density at radius 2 is 2.12 bits per heavy atom. The molecular formula is C12H16BrNO3. The first-order valence-corrected chi connectivity index (χ1v) is 6.13. The van der Waals surface area contributed by atoms with Crippen LogP contribution in [-0.2, 0) is 4.74 Å². The number of aliphatic hydroxyl groups excluding tert-OH is 1. The second kappa shape index (κ2) is 7.42. The van der Waals surface area contributed by atoms with E-state index < -0.39 is 0 Å². The van der Waals surface area contributed by atoms with Crippen LogP contribution in [0.2, 0.25) is 0 Å². The van der Waals surface area contributed by atoms with Crippen LogP contribution in [0.5, 0.6) is 0 Å². The van der Waals surface area contributed by atoms with Gasteiger partial charge in [-0.3, -0.25) is 4.79 Å². The lowest BCUT2D eigenvalue weighted by molar-refractivity contribution is 0.0655. The summed E-state index contributed by atoms with van der Waals surface area (Å²) in [7, 11) is 1.58. The molecule has 0 aliphatic carbocycles. The summed E-state index contributed by atoms with van der Waals surface area (Å²) in [5.74, 6) is -0.108.